The summed E-state index contributed by atoms with van der Waals surface area (Å²) >= 11 is 0. The monoisotopic (exact) mass is 461 g/mol. The number of piperidine rings is 1. The second-order valence-corrected chi connectivity index (χ2v) is 10.5. The molecule has 1 aromatic heterocycles. The lowest BCUT2D eigenvalue weighted by molar-refractivity contribution is -0.132. The molecule has 0 aliphatic carbocycles. The van der Waals surface area contributed by atoms with Crippen molar-refractivity contribution in [2.75, 3.05) is 13.1 Å². The first-order valence-electron chi connectivity index (χ1n) is 10.9. The highest BCUT2D eigenvalue weighted by molar-refractivity contribution is 7.89. The fourth-order valence-electron chi connectivity index (χ4n) is 3.72. The Labute approximate surface area is 189 Å². The molecule has 2 aromatic rings. The van der Waals surface area contributed by atoms with E-state index in [2.05, 4.69) is 10.6 Å². The van der Waals surface area contributed by atoms with Gasteiger partial charge in [0, 0.05) is 19.0 Å². The molecule has 0 radical (unpaired) electrons. The van der Waals surface area contributed by atoms with Crippen LogP contribution in [0.1, 0.15) is 38.0 Å². The Morgan fingerprint density at radius 1 is 1.12 bits per heavy atom. The Hall–Kier alpha value is -2.65. The molecular weight excluding hydrogens is 430 g/mol. The SMILES string of the molecule is Cc1ccc(S(=O)(=O)N2CCC(C(=O)N[C@H](C(=O)NCc3ccco3)C(C)C)CC2)cc1. The van der Waals surface area contributed by atoms with E-state index in [9.17, 15) is 18.0 Å². The molecule has 2 amide bonds. The number of aryl methyl sites for hydroxylation is 1. The van der Waals surface area contributed by atoms with E-state index in [0.717, 1.165) is 5.56 Å². The average Bonchev–Trinajstić information content (AvgIpc) is 3.29. The second-order valence-electron chi connectivity index (χ2n) is 8.52. The first kappa shape index (κ1) is 24.0. The molecule has 32 heavy (non-hydrogen) atoms. The molecule has 174 valence electrons. The Morgan fingerprint density at radius 3 is 2.34 bits per heavy atom. The number of hydrogen-bond donors (Lipinski definition) is 2. The van der Waals surface area contributed by atoms with Gasteiger partial charge in [-0.05, 0) is 49.9 Å². The van der Waals surface area contributed by atoms with Gasteiger partial charge in [-0.3, -0.25) is 9.59 Å². The van der Waals surface area contributed by atoms with Crippen molar-refractivity contribution in [3.63, 3.8) is 0 Å². The highest BCUT2D eigenvalue weighted by atomic mass is 32.2. The summed E-state index contributed by atoms with van der Waals surface area (Å²) in [7, 11) is -3.58. The Kier molecular flexibility index (Phi) is 7.73. The second kappa shape index (κ2) is 10.3. The zero-order chi connectivity index (χ0) is 23.3. The standard InChI is InChI=1S/C23H31N3O5S/c1-16(2)21(23(28)24-15-19-5-4-14-31-19)25-22(27)18-10-12-26(13-11-18)32(29,30)20-8-6-17(3)7-9-20/h4-9,14,16,18,21H,10-13,15H2,1-3H3,(H,24,28)(H,25,27)/t21-/m0/s1. The third-order valence-electron chi connectivity index (χ3n) is 5.75. The molecule has 0 saturated carbocycles. The van der Waals surface area contributed by atoms with Crippen molar-refractivity contribution in [3.05, 3.63) is 54.0 Å². The molecule has 1 aromatic carbocycles. The lowest BCUT2D eigenvalue weighted by Crippen LogP contribution is -2.52. The maximum absolute atomic E-state index is 12.9. The number of nitrogens with zero attached hydrogens (tertiary/aromatic N) is 1. The third-order valence-corrected chi connectivity index (χ3v) is 7.66. The molecule has 2 heterocycles. The summed E-state index contributed by atoms with van der Waals surface area (Å²) in [6.07, 6.45) is 2.36. The van der Waals surface area contributed by atoms with Crippen LogP contribution in [0.2, 0.25) is 0 Å². The summed E-state index contributed by atoms with van der Waals surface area (Å²) in [4.78, 5) is 25.7. The molecule has 1 atom stereocenters. The van der Waals surface area contributed by atoms with Gasteiger partial charge in [0.15, 0.2) is 0 Å². The van der Waals surface area contributed by atoms with Gasteiger partial charge in [-0.25, -0.2) is 8.42 Å². The number of rotatable bonds is 8. The molecule has 2 N–H and O–H groups in total. The van der Waals surface area contributed by atoms with Crippen LogP contribution in [0.3, 0.4) is 0 Å². The smallest absolute Gasteiger partial charge is 0.243 e. The van der Waals surface area contributed by atoms with Gasteiger partial charge in [-0.2, -0.15) is 4.31 Å². The van der Waals surface area contributed by atoms with Crippen LogP contribution in [0.25, 0.3) is 0 Å². The molecule has 1 aliphatic rings. The van der Waals surface area contributed by atoms with Crippen molar-refractivity contribution >= 4 is 21.8 Å². The van der Waals surface area contributed by atoms with E-state index < -0.39 is 16.1 Å². The van der Waals surface area contributed by atoms with Crippen molar-refractivity contribution in [2.24, 2.45) is 11.8 Å². The van der Waals surface area contributed by atoms with Gasteiger partial charge in [0.2, 0.25) is 21.8 Å². The van der Waals surface area contributed by atoms with Gasteiger partial charge in [0.1, 0.15) is 11.8 Å². The minimum atomic E-state index is -3.58. The molecule has 1 saturated heterocycles. The number of hydrogen-bond acceptors (Lipinski definition) is 5. The van der Waals surface area contributed by atoms with Crippen molar-refractivity contribution in [1.29, 1.82) is 0 Å². The predicted molar refractivity (Wildman–Crippen MR) is 120 cm³/mol. The van der Waals surface area contributed by atoms with Gasteiger partial charge in [-0.1, -0.05) is 31.5 Å². The number of furan rings is 1. The van der Waals surface area contributed by atoms with E-state index in [1.54, 1.807) is 36.4 Å². The van der Waals surface area contributed by atoms with Crippen LogP contribution in [0.5, 0.6) is 0 Å². The van der Waals surface area contributed by atoms with Crippen LogP contribution < -0.4 is 10.6 Å². The van der Waals surface area contributed by atoms with E-state index in [1.165, 1.54) is 10.6 Å². The largest absolute Gasteiger partial charge is 0.467 e. The first-order valence-corrected chi connectivity index (χ1v) is 12.3. The van der Waals surface area contributed by atoms with Gasteiger partial charge in [-0.15, -0.1) is 0 Å². The van der Waals surface area contributed by atoms with Crippen LogP contribution in [0.4, 0.5) is 0 Å². The highest BCUT2D eigenvalue weighted by Gasteiger charge is 2.34. The fourth-order valence-corrected chi connectivity index (χ4v) is 5.19. The molecule has 0 spiro atoms. The zero-order valence-corrected chi connectivity index (χ0v) is 19.5. The molecular formula is C23H31N3O5S. The maximum Gasteiger partial charge on any atom is 0.243 e. The highest BCUT2D eigenvalue weighted by Crippen LogP contribution is 2.24. The maximum atomic E-state index is 12.9. The molecule has 1 fully saturated rings. The van der Waals surface area contributed by atoms with Crippen LogP contribution >= 0.6 is 0 Å². The summed E-state index contributed by atoms with van der Waals surface area (Å²) in [6.45, 7) is 6.43. The minimum Gasteiger partial charge on any atom is -0.467 e. The number of amides is 2. The van der Waals surface area contributed by atoms with Crippen molar-refractivity contribution in [3.8, 4) is 0 Å². The lowest BCUT2D eigenvalue weighted by atomic mass is 9.95. The van der Waals surface area contributed by atoms with Gasteiger partial charge in [0.05, 0.1) is 17.7 Å². The molecule has 0 bridgehead atoms. The quantitative estimate of drug-likeness (QED) is 0.628. The number of carbonyl (C=O) groups is 2. The van der Waals surface area contributed by atoms with E-state index in [1.807, 2.05) is 20.8 Å². The van der Waals surface area contributed by atoms with Crippen LogP contribution in [-0.2, 0) is 26.2 Å². The summed E-state index contributed by atoms with van der Waals surface area (Å²) in [5.41, 5.74) is 0.993. The topological polar surface area (TPSA) is 109 Å². The van der Waals surface area contributed by atoms with E-state index in [-0.39, 0.29) is 48.2 Å². The number of nitrogens with one attached hydrogen (secondary N) is 2. The Balaban J connectivity index is 1.55. The van der Waals surface area contributed by atoms with Crippen LogP contribution in [0, 0.1) is 18.8 Å². The Morgan fingerprint density at radius 2 is 1.78 bits per heavy atom. The molecule has 8 nitrogen and oxygen atoms in total. The first-order chi connectivity index (χ1) is 15.2. The molecule has 9 heteroatoms. The number of carbonyl (C=O) groups excluding carboxylic acids is 2. The lowest BCUT2D eigenvalue weighted by Gasteiger charge is -2.32. The van der Waals surface area contributed by atoms with Crippen molar-refractivity contribution in [1.82, 2.24) is 14.9 Å². The molecule has 0 unspecified atom stereocenters. The van der Waals surface area contributed by atoms with Crippen LogP contribution in [-0.4, -0.2) is 43.7 Å². The molecule has 1 aliphatic heterocycles. The zero-order valence-electron chi connectivity index (χ0n) is 18.7. The van der Waals surface area contributed by atoms with E-state index in [4.69, 9.17) is 4.42 Å². The van der Waals surface area contributed by atoms with Gasteiger partial charge >= 0.3 is 0 Å². The summed E-state index contributed by atoms with van der Waals surface area (Å²) in [6, 6.07) is 9.60. The fraction of sp³-hybridized carbons (Fsp3) is 0.478. The number of sulfonamides is 1. The third kappa shape index (κ3) is 5.77. The summed E-state index contributed by atoms with van der Waals surface area (Å²) < 4.78 is 32.4. The van der Waals surface area contributed by atoms with Crippen molar-refractivity contribution in [2.45, 2.75) is 51.1 Å². The summed E-state index contributed by atoms with van der Waals surface area (Å²) in [5.74, 6) is -0.293. The average molecular weight is 462 g/mol. The van der Waals surface area contributed by atoms with Crippen LogP contribution in [0.15, 0.2) is 52.0 Å². The predicted octanol–water partition coefficient (Wildman–Crippen LogP) is 2.45. The minimum absolute atomic E-state index is 0.0995. The number of benzene rings is 1. The van der Waals surface area contributed by atoms with Gasteiger partial charge < -0.3 is 15.1 Å². The summed E-state index contributed by atoms with van der Waals surface area (Å²) in [5, 5.41) is 5.65. The van der Waals surface area contributed by atoms with Gasteiger partial charge in [0.25, 0.3) is 0 Å². The normalized spacial score (nSPS) is 16.6. The Bertz CT molecular complexity index is 1010. The van der Waals surface area contributed by atoms with E-state index in [0.29, 0.717) is 18.6 Å². The van der Waals surface area contributed by atoms with E-state index >= 15 is 0 Å². The molecule has 3 rings (SSSR count). The van der Waals surface area contributed by atoms with Crippen molar-refractivity contribution < 1.29 is 22.4 Å².